The number of hydrogen-bond donors (Lipinski definition) is 0. The van der Waals surface area contributed by atoms with Gasteiger partial charge in [0, 0.05) is 29.7 Å². The molecule has 1 aromatic heterocycles. The van der Waals surface area contributed by atoms with Crippen LogP contribution in [0.4, 0.5) is 8.78 Å². The lowest BCUT2D eigenvalue weighted by Crippen LogP contribution is -2.46. The summed E-state index contributed by atoms with van der Waals surface area (Å²) in [6, 6.07) is 5.60. The molecular weight excluding hydrogens is 558 g/mol. The molecule has 1 amide bonds. The molecule has 10 heteroatoms. The summed E-state index contributed by atoms with van der Waals surface area (Å²) < 4.78 is 49.3. The van der Waals surface area contributed by atoms with Gasteiger partial charge in [-0.05, 0) is 49.8 Å². The second kappa shape index (κ2) is 11.3. The molecule has 2 bridgehead atoms. The van der Waals surface area contributed by atoms with Crippen molar-refractivity contribution in [1.82, 2.24) is 9.88 Å². The first-order chi connectivity index (χ1) is 20.2. The van der Waals surface area contributed by atoms with E-state index in [1.165, 1.54) is 18.1 Å². The Labute approximate surface area is 251 Å². The van der Waals surface area contributed by atoms with Gasteiger partial charge in [0.25, 0.3) is 5.92 Å². The molecule has 0 N–H and O–H groups in total. The van der Waals surface area contributed by atoms with E-state index < -0.39 is 53.3 Å². The second-order valence-electron chi connectivity index (χ2n) is 13.8. The molecule has 1 saturated carbocycles. The van der Waals surface area contributed by atoms with E-state index in [4.69, 9.17) is 14.2 Å². The Morgan fingerprint density at radius 3 is 2.58 bits per heavy atom. The Hall–Kier alpha value is -3.30. The van der Waals surface area contributed by atoms with Gasteiger partial charge in [-0.2, -0.15) is 0 Å². The third-order valence-electron chi connectivity index (χ3n) is 9.64. The summed E-state index contributed by atoms with van der Waals surface area (Å²) in [6.07, 6.45) is 1.56. The van der Waals surface area contributed by atoms with E-state index in [1.807, 2.05) is 27.7 Å². The van der Waals surface area contributed by atoms with Gasteiger partial charge in [-0.1, -0.05) is 34.1 Å². The van der Waals surface area contributed by atoms with Gasteiger partial charge >= 0.3 is 5.97 Å². The van der Waals surface area contributed by atoms with Crippen LogP contribution in [0.5, 0.6) is 11.6 Å². The lowest BCUT2D eigenvalue weighted by molar-refractivity contribution is -0.158. The van der Waals surface area contributed by atoms with Crippen LogP contribution in [0.3, 0.4) is 0 Å². The summed E-state index contributed by atoms with van der Waals surface area (Å²) in [5.41, 5.74) is -1.14. The Morgan fingerprint density at radius 2 is 1.91 bits per heavy atom. The van der Waals surface area contributed by atoms with Gasteiger partial charge in [0.05, 0.1) is 43.1 Å². The monoisotopic (exact) mass is 600 g/mol. The van der Waals surface area contributed by atoms with Crippen molar-refractivity contribution in [2.45, 2.75) is 96.8 Å². The predicted molar refractivity (Wildman–Crippen MR) is 156 cm³/mol. The summed E-state index contributed by atoms with van der Waals surface area (Å²) in [5, 5.41) is 0.524. The van der Waals surface area contributed by atoms with Gasteiger partial charge in [0.1, 0.15) is 23.7 Å². The fourth-order valence-electron chi connectivity index (χ4n) is 6.58. The van der Waals surface area contributed by atoms with E-state index in [0.717, 1.165) is 0 Å². The fraction of sp³-hybridized carbons (Fsp3) is 0.636. The van der Waals surface area contributed by atoms with Crippen LogP contribution in [0.1, 0.15) is 78.7 Å². The number of carbonyl (C=O) groups is 3. The molecule has 1 saturated heterocycles. The number of rotatable bonds is 2. The Kier molecular flexibility index (Phi) is 8.20. The minimum absolute atomic E-state index is 0.00629. The lowest BCUT2D eigenvalue weighted by Gasteiger charge is -2.34. The SMILES string of the molecule is COc1ccc2cc3c(nc2c1)O[C@H]1CN(C(=O)[C@H](C(C)(C)C)CC(=O)O[C@]2(C)C[C@H]2CCCCC3(F)F)[C@H](C=O)[C@@H]1C. The van der Waals surface area contributed by atoms with E-state index in [2.05, 4.69) is 4.98 Å². The van der Waals surface area contributed by atoms with Crippen LogP contribution in [0.2, 0.25) is 0 Å². The Bertz CT molecular complexity index is 1410. The molecule has 0 unspecified atom stereocenters. The summed E-state index contributed by atoms with van der Waals surface area (Å²) in [4.78, 5) is 45.4. The second-order valence-corrected chi connectivity index (χ2v) is 13.8. The molecule has 234 valence electrons. The zero-order chi connectivity index (χ0) is 31.3. The summed E-state index contributed by atoms with van der Waals surface area (Å²) in [6.45, 7) is 9.25. The standard InChI is InChI=1S/C33H42F2N2O6/c1-19-26(18-38)37-17-27(19)42-29-23(13-20-10-11-22(41-6)14-25(20)36-29)33(34,35)12-8-7-9-21-16-32(21,5)43-28(39)15-24(30(37)40)31(2,3)4/h10-11,13-14,18-19,21,24,26-27H,7-9,12,15-17H2,1-6H3/t19-,21+,24+,26+,27-,32+/m0/s1. The number of halogens is 2. The zero-order valence-electron chi connectivity index (χ0n) is 25.8. The van der Waals surface area contributed by atoms with Gasteiger partial charge in [-0.3, -0.25) is 9.59 Å². The molecular formula is C33H42F2N2O6. The van der Waals surface area contributed by atoms with E-state index in [1.54, 1.807) is 25.1 Å². The van der Waals surface area contributed by atoms with Crippen LogP contribution >= 0.6 is 0 Å². The smallest absolute Gasteiger partial charge is 0.307 e. The van der Waals surface area contributed by atoms with Crippen molar-refractivity contribution in [3.05, 3.63) is 29.8 Å². The van der Waals surface area contributed by atoms with Crippen LogP contribution in [0, 0.1) is 23.2 Å². The molecule has 2 aliphatic heterocycles. The van der Waals surface area contributed by atoms with E-state index >= 15 is 8.78 Å². The first kappa shape index (κ1) is 31.1. The minimum atomic E-state index is -3.24. The average molecular weight is 601 g/mol. The van der Waals surface area contributed by atoms with Crippen LogP contribution in [0.25, 0.3) is 10.9 Å². The quantitative estimate of drug-likeness (QED) is 0.305. The topological polar surface area (TPSA) is 95.0 Å². The number of alkyl halides is 2. The Morgan fingerprint density at radius 1 is 1.16 bits per heavy atom. The molecule has 3 aliphatic rings. The number of carbonyl (C=O) groups excluding carboxylic acids is 3. The van der Waals surface area contributed by atoms with Crippen molar-refractivity contribution in [3.63, 3.8) is 0 Å². The number of fused-ring (bicyclic) bond motifs is 5. The number of ether oxygens (including phenoxy) is 3. The van der Waals surface area contributed by atoms with E-state index in [-0.39, 0.29) is 42.7 Å². The molecule has 6 atom stereocenters. The van der Waals surface area contributed by atoms with Crippen LogP contribution in [-0.4, -0.2) is 59.4 Å². The van der Waals surface area contributed by atoms with E-state index in [0.29, 0.717) is 42.2 Å². The number of aldehydes is 1. The molecule has 5 rings (SSSR count). The zero-order valence-corrected chi connectivity index (χ0v) is 25.8. The number of methoxy groups -OCH3 is 1. The number of aromatic nitrogens is 1. The van der Waals surface area contributed by atoms with Crippen molar-refractivity contribution in [3.8, 4) is 11.6 Å². The highest BCUT2D eigenvalue weighted by atomic mass is 19.3. The fourth-order valence-corrected chi connectivity index (χ4v) is 6.58. The average Bonchev–Trinajstić information content (AvgIpc) is 3.46. The minimum Gasteiger partial charge on any atom is -0.497 e. The van der Waals surface area contributed by atoms with Gasteiger partial charge in [0.2, 0.25) is 11.8 Å². The molecule has 0 spiro atoms. The van der Waals surface area contributed by atoms with Crippen molar-refractivity contribution in [1.29, 1.82) is 0 Å². The number of pyridine rings is 1. The van der Waals surface area contributed by atoms with Crippen LogP contribution in [-0.2, 0) is 25.0 Å². The molecule has 8 nitrogen and oxygen atoms in total. The van der Waals surface area contributed by atoms with Crippen LogP contribution in [0.15, 0.2) is 24.3 Å². The number of benzene rings is 1. The van der Waals surface area contributed by atoms with Gasteiger partial charge in [-0.25, -0.2) is 13.8 Å². The summed E-state index contributed by atoms with van der Waals surface area (Å²) in [5.74, 6) is -4.92. The first-order valence-corrected chi connectivity index (χ1v) is 15.2. The van der Waals surface area contributed by atoms with Crippen molar-refractivity contribution in [2.75, 3.05) is 13.7 Å². The predicted octanol–water partition coefficient (Wildman–Crippen LogP) is 6.08. The molecule has 1 aliphatic carbocycles. The van der Waals surface area contributed by atoms with Gasteiger partial charge in [-0.15, -0.1) is 0 Å². The highest BCUT2D eigenvalue weighted by molar-refractivity contribution is 5.87. The largest absolute Gasteiger partial charge is 0.497 e. The maximum atomic E-state index is 15.9. The number of hydrogen-bond acceptors (Lipinski definition) is 7. The van der Waals surface area contributed by atoms with Crippen molar-refractivity contribution in [2.24, 2.45) is 23.2 Å². The maximum absolute atomic E-state index is 15.9. The normalized spacial score (nSPS) is 31.6. The third-order valence-corrected chi connectivity index (χ3v) is 9.64. The molecule has 3 heterocycles. The number of nitrogens with zero attached hydrogens (tertiary/aromatic N) is 2. The molecule has 43 heavy (non-hydrogen) atoms. The van der Waals surface area contributed by atoms with Crippen molar-refractivity contribution >= 4 is 29.1 Å². The van der Waals surface area contributed by atoms with Crippen molar-refractivity contribution < 1.29 is 37.4 Å². The Balaban J connectivity index is 1.56. The maximum Gasteiger partial charge on any atom is 0.307 e. The van der Waals surface area contributed by atoms with E-state index in [9.17, 15) is 14.4 Å². The summed E-state index contributed by atoms with van der Waals surface area (Å²) in [7, 11) is 1.51. The number of amides is 1. The summed E-state index contributed by atoms with van der Waals surface area (Å²) >= 11 is 0. The highest BCUT2D eigenvalue weighted by Crippen LogP contribution is 2.51. The highest BCUT2D eigenvalue weighted by Gasteiger charge is 2.54. The molecule has 1 aromatic carbocycles. The molecule has 2 fully saturated rings. The molecule has 2 aromatic rings. The van der Waals surface area contributed by atoms with Crippen LogP contribution < -0.4 is 9.47 Å². The molecule has 0 radical (unpaired) electrons. The lowest BCUT2D eigenvalue weighted by atomic mass is 9.77. The van der Waals surface area contributed by atoms with Gasteiger partial charge in [0.15, 0.2) is 0 Å². The van der Waals surface area contributed by atoms with Gasteiger partial charge < -0.3 is 23.9 Å². The number of esters is 1. The first-order valence-electron chi connectivity index (χ1n) is 15.2. The third kappa shape index (κ3) is 6.20.